The van der Waals surface area contributed by atoms with Gasteiger partial charge in [0.2, 0.25) is 0 Å². The number of aliphatic imine (C=N–C) groups is 1. The minimum Gasteiger partial charge on any atom is -0.294 e. The second kappa shape index (κ2) is 3.45. The topological polar surface area (TPSA) is 42.3 Å². The molecule has 0 N–H and O–H groups in total. The van der Waals surface area contributed by atoms with Crippen molar-refractivity contribution in [3.63, 3.8) is 0 Å². The van der Waals surface area contributed by atoms with E-state index in [0.29, 0.717) is 10.6 Å². The van der Waals surface area contributed by atoms with Gasteiger partial charge >= 0.3 is 0 Å². The Morgan fingerprint density at radius 3 is 2.83 bits per heavy atom. The average molecular weight is 183 g/mol. The Morgan fingerprint density at radius 2 is 2.42 bits per heavy atom. The Kier molecular flexibility index (Phi) is 2.55. The zero-order valence-electron chi connectivity index (χ0n) is 6.54. The third kappa shape index (κ3) is 1.51. The van der Waals surface area contributed by atoms with Crippen molar-refractivity contribution in [3.05, 3.63) is 22.8 Å². The van der Waals surface area contributed by atoms with E-state index in [9.17, 15) is 4.79 Å². The summed E-state index contributed by atoms with van der Waals surface area (Å²) >= 11 is 5.75. The fourth-order valence-electron chi connectivity index (χ4n) is 0.873. The van der Waals surface area contributed by atoms with Crippen LogP contribution in [-0.4, -0.2) is 17.5 Å². The Bertz CT molecular complexity index is 336. The van der Waals surface area contributed by atoms with Gasteiger partial charge in [0.05, 0.1) is 10.6 Å². The molecule has 0 unspecified atom stereocenters. The summed E-state index contributed by atoms with van der Waals surface area (Å²) in [4.78, 5) is 18.5. The minimum absolute atomic E-state index is 0.157. The van der Waals surface area contributed by atoms with Crippen molar-refractivity contribution in [2.24, 2.45) is 4.99 Å². The van der Waals surface area contributed by atoms with Gasteiger partial charge < -0.3 is 0 Å². The van der Waals surface area contributed by atoms with E-state index in [2.05, 4.69) is 16.7 Å². The van der Waals surface area contributed by atoms with Crippen LogP contribution in [0.3, 0.4) is 0 Å². The van der Waals surface area contributed by atoms with E-state index in [1.807, 2.05) is 0 Å². The lowest BCUT2D eigenvalue weighted by atomic mass is 10.2. The van der Waals surface area contributed by atoms with Crippen LogP contribution in [-0.2, 0) is 0 Å². The van der Waals surface area contributed by atoms with Crippen LogP contribution in [0.4, 0.5) is 5.82 Å². The Hall–Kier alpha value is -1.22. The van der Waals surface area contributed by atoms with Crippen LogP contribution >= 0.6 is 11.6 Å². The van der Waals surface area contributed by atoms with E-state index < -0.39 is 0 Å². The van der Waals surface area contributed by atoms with Gasteiger partial charge in [-0.2, -0.15) is 0 Å². The average Bonchev–Trinajstić information content (AvgIpc) is 2.03. The number of halogens is 1. The molecule has 0 amide bonds. The van der Waals surface area contributed by atoms with Crippen molar-refractivity contribution in [1.29, 1.82) is 0 Å². The minimum atomic E-state index is -0.157. The first-order valence-electron chi connectivity index (χ1n) is 3.29. The molecule has 1 heterocycles. The molecule has 1 aromatic rings. The molecule has 0 spiro atoms. The van der Waals surface area contributed by atoms with E-state index in [1.165, 1.54) is 13.1 Å². The zero-order chi connectivity index (χ0) is 9.14. The molecule has 12 heavy (non-hydrogen) atoms. The Labute approximate surface area is 75.1 Å². The molecule has 4 heteroatoms. The number of hydrogen-bond donors (Lipinski definition) is 0. The van der Waals surface area contributed by atoms with Gasteiger partial charge in [0, 0.05) is 6.20 Å². The van der Waals surface area contributed by atoms with Gasteiger partial charge in [-0.1, -0.05) is 11.6 Å². The van der Waals surface area contributed by atoms with Crippen molar-refractivity contribution < 1.29 is 4.79 Å². The summed E-state index contributed by atoms with van der Waals surface area (Å²) in [5.74, 6) is 0.130. The SMILES string of the molecule is C=Nc1nccc(Cl)c1C(C)=O. The van der Waals surface area contributed by atoms with Crippen LogP contribution in [0.1, 0.15) is 17.3 Å². The van der Waals surface area contributed by atoms with Crippen LogP contribution in [0.25, 0.3) is 0 Å². The van der Waals surface area contributed by atoms with E-state index in [1.54, 1.807) is 6.07 Å². The highest BCUT2D eigenvalue weighted by atomic mass is 35.5. The fraction of sp³-hybridized carbons (Fsp3) is 0.125. The highest BCUT2D eigenvalue weighted by molar-refractivity contribution is 6.34. The van der Waals surface area contributed by atoms with E-state index in [4.69, 9.17) is 11.6 Å². The van der Waals surface area contributed by atoms with Gasteiger partial charge in [-0.3, -0.25) is 4.79 Å². The van der Waals surface area contributed by atoms with Crippen molar-refractivity contribution in [1.82, 2.24) is 4.98 Å². The summed E-state index contributed by atoms with van der Waals surface area (Å²) < 4.78 is 0. The van der Waals surface area contributed by atoms with Crippen molar-refractivity contribution in [2.45, 2.75) is 6.92 Å². The molecule has 0 aliphatic rings. The van der Waals surface area contributed by atoms with Gasteiger partial charge in [0.25, 0.3) is 0 Å². The molecule has 0 saturated carbocycles. The van der Waals surface area contributed by atoms with Crippen LogP contribution in [0.15, 0.2) is 17.3 Å². The first-order valence-corrected chi connectivity index (χ1v) is 3.66. The second-order valence-corrected chi connectivity index (χ2v) is 2.61. The molecule has 0 fully saturated rings. The predicted octanol–water partition coefficient (Wildman–Crippen LogP) is 2.27. The van der Waals surface area contributed by atoms with Gasteiger partial charge in [0.1, 0.15) is 0 Å². The molecule has 0 aromatic carbocycles. The lowest BCUT2D eigenvalue weighted by Gasteiger charge is -2.01. The van der Waals surface area contributed by atoms with E-state index >= 15 is 0 Å². The molecular formula is C8H7ClN2O. The summed E-state index contributed by atoms with van der Waals surface area (Å²) in [6.45, 7) is 4.71. The number of Topliss-reactive ketones (excluding diaryl/α,β-unsaturated/α-hetero) is 1. The third-order valence-corrected chi connectivity index (χ3v) is 1.70. The Balaban J connectivity index is 3.39. The third-order valence-electron chi connectivity index (χ3n) is 1.38. The molecule has 0 aliphatic heterocycles. The summed E-state index contributed by atoms with van der Waals surface area (Å²) in [7, 11) is 0. The number of nitrogens with zero attached hydrogens (tertiary/aromatic N) is 2. The normalized spacial score (nSPS) is 9.50. The fourth-order valence-corrected chi connectivity index (χ4v) is 1.15. The maximum atomic E-state index is 11.0. The maximum Gasteiger partial charge on any atom is 0.165 e. The molecule has 1 rings (SSSR count). The number of carbonyl (C=O) groups excluding carboxylic acids is 1. The largest absolute Gasteiger partial charge is 0.294 e. The van der Waals surface area contributed by atoms with Gasteiger partial charge in [0.15, 0.2) is 11.6 Å². The quantitative estimate of drug-likeness (QED) is 0.520. The number of ketones is 1. The molecule has 0 bridgehead atoms. The summed E-state index contributed by atoms with van der Waals surface area (Å²) in [6.07, 6.45) is 1.48. The van der Waals surface area contributed by atoms with Crippen LogP contribution in [0, 0.1) is 0 Å². The first kappa shape index (κ1) is 8.87. The molecule has 0 radical (unpaired) electrons. The summed E-state index contributed by atoms with van der Waals surface area (Å²) in [5.41, 5.74) is 0.328. The van der Waals surface area contributed by atoms with Crippen LogP contribution in [0.5, 0.6) is 0 Å². The number of carbonyl (C=O) groups is 1. The highest BCUT2D eigenvalue weighted by Gasteiger charge is 2.10. The maximum absolute atomic E-state index is 11.0. The molecule has 3 nitrogen and oxygen atoms in total. The zero-order valence-corrected chi connectivity index (χ0v) is 7.30. The number of pyridine rings is 1. The number of rotatable bonds is 2. The molecule has 0 aliphatic carbocycles. The Morgan fingerprint density at radius 1 is 1.75 bits per heavy atom. The van der Waals surface area contributed by atoms with E-state index in [-0.39, 0.29) is 11.6 Å². The molecule has 1 aromatic heterocycles. The van der Waals surface area contributed by atoms with Crippen molar-refractivity contribution in [2.75, 3.05) is 0 Å². The van der Waals surface area contributed by atoms with Gasteiger partial charge in [-0.15, -0.1) is 0 Å². The van der Waals surface area contributed by atoms with Gasteiger partial charge in [-0.25, -0.2) is 9.98 Å². The van der Waals surface area contributed by atoms with Crippen LogP contribution in [0.2, 0.25) is 5.02 Å². The molecule has 0 saturated heterocycles. The first-order chi connectivity index (χ1) is 5.66. The smallest absolute Gasteiger partial charge is 0.165 e. The van der Waals surface area contributed by atoms with Crippen molar-refractivity contribution in [3.8, 4) is 0 Å². The monoisotopic (exact) mass is 182 g/mol. The summed E-state index contributed by atoms with van der Waals surface area (Å²) in [5, 5.41) is 0.361. The van der Waals surface area contributed by atoms with Gasteiger partial charge in [-0.05, 0) is 19.7 Å². The van der Waals surface area contributed by atoms with Crippen molar-refractivity contribution >= 4 is 29.9 Å². The van der Waals surface area contributed by atoms with E-state index in [0.717, 1.165) is 0 Å². The predicted molar refractivity (Wildman–Crippen MR) is 48.5 cm³/mol. The number of aromatic nitrogens is 1. The lowest BCUT2D eigenvalue weighted by molar-refractivity contribution is 0.101. The lowest BCUT2D eigenvalue weighted by Crippen LogP contribution is -1.95. The standard InChI is InChI=1S/C8H7ClN2O/c1-5(12)7-6(9)3-4-11-8(7)10-2/h3-4H,2H2,1H3. The van der Waals surface area contributed by atoms with Crippen LogP contribution < -0.4 is 0 Å². The molecule has 62 valence electrons. The molecular weight excluding hydrogens is 176 g/mol. The summed E-state index contributed by atoms with van der Waals surface area (Å²) in [6, 6.07) is 1.55. The number of hydrogen-bond acceptors (Lipinski definition) is 3. The highest BCUT2D eigenvalue weighted by Crippen LogP contribution is 2.23. The second-order valence-electron chi connectivity index (χ2n) is 2.21. The molecule has 0 atom stereocenters.